The number of nitrogens with zero attached hydrogens (tertiary/aromatic N) is 1. The molecular weight excluding hydrogens is 421 g/mol. The quantitative estimate of drug-likeness (QED) is 0.0729. The molecule has 0 fully saturated rings. The van der Waals surface area contributed by atoms with Gasteiger partial charge in [-0.1, -0.05) is 76.2 Å². The molecule has 0 saturated heterocycles. The number of allylic oxidation sites excluding steroid dienone is 4. The largest absolute Gasteiger partial charge is 0.373 e. The second kappa shape index (κ2) is 18.0. The maximum absolute atomic E-state index is 11.8. The van der Waals surface area contributed by atoms with Gasteiger partial charge in [0.15, 0.2) is 0 Å². The van der Waals surface area contributed by atoms with Gasteiger partial charge in [-0.05, 0) is 57.8 Å². The van der Waals surface area contributed by atoms with Crippen LogP contribution >= 0.6 is 7.60 Å². The van der Waals surface area contributed by atoms with E-state index in [0.717, 1.165) is 32.1 Å². The van der Waals surface area contributed by atoms with Crippen LogP contribution in [-0.2, 0) is 4.57 Å². The highest BCUT2D eigenvalue weighted by molar-refractivity contribution is 7.53. The van der Waals surface area contributed by atoms with Crippen LogP contribution in [0.1, 0.15) is 110 Å². The van der Waals surface area contributed by atoms with Crippen molar-refractivity contribution in [2.24, 2.45) is 0 Å². The molecule has 0 aromatic heterocycles. The molecule has 0 aromatic rings. The van der Waals surface area contributed by atoms with Crippen LogP contribution in [0.25, 0.3) is 0 Å². The fourth-order valence-electron chi connectivity index (χ4n) is 3.97. The van der Waals surface area contributed by atoms with Crippen molar-refractivity contribution in [3.63, 3.8) is 0 Å². The molecule has 190 valence electrons. The van der Waals surface area contributed by atoms with E-state index in [4.69, 9.17) is 0 Å². The maximum atomic E-state index is 11.8. The Hall–Kier alpha value is -0.450. The molecule has 0 radical (unpaired) electrons. The molecule has 0 amide bonds. The molecule has 5 nitrogen and oxygen atoms in total. The second-order valence-electron chi connectivity index (χ2n) is 10.4. The minimum atomic E-state index is -4.56. The first-order valence-electron chi connectivity index (χ1n) is 12.9. The molecule has 3 N–H and O–H groups in total. The lowest BCUT2D eigenvalue weighted by atomic mass is 10.1. The van der Waals surface area contributed by atoms with E-state index in [9.17, 15) is 19.5 Å². The monoisotopic (exact) mass is 474 g/mol. The average Bonchev–Trinajstić information content (AvgIpc) is 2.67. The molecule has 6 heteroatoms. The van der Waals surface area contributed by atoms with Crippen LogP contribution in [0.2, 0.25) is 0 Å². The third kappa shape index (κ3) is 18.0. The van der Waals surface area contributed by atoms with Crippen molar-refractivity contribution in [2.75, 3.05) is 27.7 Å². The number of likely N-dealkylation sites (N-methyl/N-ethyl adjacent to an activating group) is 1. The van der Waals surface area contributed by atoms with Crippen LogP contribution in [-0.4, -0.2) is 52.4 Å². The third-order valence-corrected chi connectivity index (χ3v) is 7.22. The highest BCUT2D eigenvalue weighted by atomic mass is 31.2. The fourth-order valence-corrected chi connectivity index (χ4v) is 5.03. The normalized spacial score (nSPS) is 15.1. The van der Waals surface area contributed by atoms with E-state index in [0.29, 0.717) is 10.9 Å². The molecule has 0 spiro atoms. The van der Waals surface area contributed by atoms with E-state index in [2.05, 4.69) is 31.2 Å². The Morgan fingerprint density at radius 1 is 0.688 bits per heavy atom. The SMILES string of the molecule is CCCCCCCCCC/C=C\CCC/C=C\CCCCC(O)(C[N+](C)(C)C)P(=O)(O)O. The Kier molecular flexibility index (Phi) is 17.7. The lowest BCUT2D eigenvalue weighted by molar-refractivity contribution is -0.875. The highest BCUT2D eigenvalue weighted by Gasteiger charge is 2.48. The molecule has 1 unspecified atom stereocenters. The van der Waals surface area contributed by atoms with Crippen molar-refractivity contribution in [1.82, 2.24) is 0 Å². The average molecular weight is 475 g/mol. The topological polar surface area (TPSA) is 77.8 Å². The van der Waals surface area contributed by atoms with Gasteiger partial charge in [0, 0.05) is 0 Å². The predicted octanol–water partition coefficient (Wildman–Crippen LogP) is 6.93. The Labute approximate surface area is 198 Å². The van der Waals surface area contributed by atoms with Gasteiger partial charge in [0.2, 0.25) is 5.34 Å². The first kappa shape index (κ1) is 31.6. The van der Waals surface area contributed by atoms with E-state index in [-0.39, 0.29) is 13.0 Å². The van der Waals surface area contributed by atoms with Gasteiger partial charge in [0.25, 0.3) is 0 Å². The van der Waals surface area contributed by atoms with Gasteiger partial charge in [0.05, 0.1) is 21.1 Å². The lowest BCUT2D eigenvalue weighted by Gasteiger charge is -2.35. The smallest absolute Gasteiger partial charge is 0.362 e. The van der Waals surface area contributed by atoms with Gasteiger partial charge < -0.3 is 19.4 Å². The summed E-state index contributed by atoms with van der Waals surface area (Å²) in [5.74, 6) is 0. The van der Waals surface area contributed by atoms with Crippen LogP contribution < -0.4 is 0 Å². The molecule has 0 heterocycles. The zero-order valence-electron chi connectivity index (χ0n) is 21.5. The summed E-state index contributed by atoms with van der Waals surface area (Å²) in [7, 11) is 0.923. The van der Waals surface area contributed by atoms with Crippen molar-refractivity contribution in [1.29, 1.82) is 0 Å². The number of hydrogen-bond donors (Lipinski definition) is 3. The van der Waals surface area contributed by atoms with Crippen LogP contribution in [0, 0.1) is 0 Å². The number of hydrogen-bond acceptors (Lipinski definition) is 2. The predicted molar refractivity (Wildman–Crippen MR) is 138 cm³/mol. The van der Waals surface area contributed by atoms with Gasteiger partial charge in [-0.15, -0.1) is 0 Å². The summed E-state index contributed by atoms with van der Waals surface area (Å²) >= 11 is 0. The first-order chi connectivity index (χ1) is 15.0. The highest BCUT2D eigenvalue weighted by Crippen LogP contribution is 2.52. The summed E-state index contributed by atoms with van der Waals surface area (Å²) in [6.45, 7) is 2.30. The lowest BCUT2D eigenvalue weighted by Crippen LogP contribution is -2.49. The Balaban J connectivity index is 3.72. The van der Waals surface area contributed by atoms with E-state index in [1.165, 1.54) is 57.8 Å². The van der Waals surface area contributed by atoms with Gasteiger partial charge >= 0.3 is 7.60 Å². The molecule has 32 heavy (non-hydrogen) atoms. The van der Waals surface area contributed by atoms with Crippen molar-refractivity contribution in [2.45, 2.75) is 115 Å². The number of unbranched alkanes of at least 4 members (excludes halogenated alkanes) is 12. The zero-order valence-corrected chi connectivity index (χ0v) is 22.4. The van der Waals surface area contributed by atoms with E-state index < -0.39 is 12.9 Å². The van der Waals surface area contributed by atoms with E-state index in [1.54, 1.807) is 0 Å². The fraction of sp³-hybridized carbons (Fsp3) is 0.846. The summed E-state index contributed by atoms with van der Waals surface area (Å²) < 4.78 is 12.1. The molecule has 0 aliphatic heterocycles. The summed E-state index contributed by atoms with van der Waals surface area (Å²) in [5, 5.41) is 8.59. The summed E-state index contributed by atoms with van der Waals surface area (Å²) in [6, 6.07) is 0. The Morgan fingerprint density at radius 3 is 1.53 bits per heavy atom. The van der Waals surface area contributed by atoms with Crippen LogP contribution in [0.15, 0.2) is 24.3 Å². The van der Waals surface area contributed by atoms with Gasteiger partial charge in [-0.3, -0.25) is 4.57 Å². The summed E-state index contributed by atoms with van der Waals surface area (Å²) in [5.41, 5.74) is 0. The van der Waals surface area contributed by atoms with E-state index in [1.807, 2.05) is 21.1 Å². The molecule has 0 aromatic carbocycles. The van der Waals surface area contributed by atoms with Crippen molar-refractivity contribution in [3.8, 4) is 0 Å². The van der Waals surface area contributed by atoms with Crippen molar-refractivity contribution >= 4 is 7.60 Å². The zero-order chi connectivity index (χ0) is 24.3. The molecule has 0 aliphatic rings. The van der Waals surface area contributed by atoms with Crippen LogP contribution in [0.4, 0.5) is 0 Å². The number of aliphatic hydroxyl groups is 1. The summed E-state index contributed by atoms with van der Waals surface area (Å²) in [4.78, 5) is 19.2. The minimum absolute atomic E-state index is 0.0414. The standard InChI is InChI=1S/C26H52NO4P/c1-5-6-7-8-9-10-11-12-13-14-15-16-17-18-19-20-21-22-23-24-26(28,32(29,30)31)25-27(2,3)4/h14-15,19-20,28H,5-13,16-18,21-25H2,1-4H3,(H-,29,30,31)/p+1/b15-14-,20-19-. The van der Waals surface area contributed by atoms with E-state index >= 15 is 0 Å². The molecule has 0 aliphatic carbocycles. The number of rotatable bonds is 21. The van der Waals surface area contributed by atoms with Crippen molar-refractivity contribution in [3.05, 3.63) is 24.3 Å². The van der Waals surface area contributed by atoms with Crippen LogP contribution in [0.3, 0.4) is 0 Å². The second-order valence-corrected chi connectivity index (χ2v) is 12.3. The molecule has 0 rings (SSSR count). The Bertz CT molecular complexity index is 551. The Morgan fingerprint density at radius 2 is 1.09 bits per heavy atom. The molecule has 0 bridgehead atoms. The molecular formula is C26H53NO4P+. The third-order valence-electron chi connectivity index (χ3n) is 5.77. The minimum Gasteiger partial charge on any atom is -0.373 e. The van der Waals surface area contributed by atoms with Crippen molar-refractivity contribution < 1.29 is 23.9 Å². The van der Waals surface area contributed by atoms with Crippen LogP contribution in [0.5, 0.6) is 0 Å². The molecule has 1 atom stereocenters. The van der Waals surface area contributed by atoms with Gasteiger partial charge in [-0.2, -0.15) is 0 Å². The molecule has 0 saturated carbocycles. The summed E-state index contributed by atoms with van der Waals surface area (Å²) in [6.07, 6.45) is 27.0. The first-order valence-corrected chi connectivity index (χ1v) is 14.5. The number of quaternary nitrogens is 1. The maximum Gasteiger partial charge on any atom is 0.362 e. The van der Waals surface area contributed by atoms with Gasteiger partial charge in [0.1, 0.15) is 6.54 Å². The van der Waals surface area contributed by atoms with Gasteiger partial charge in [-0.25, -0.2) is 0 Å².